The molecule has 1 N–H and O–H groups in total. The fourth-order valence-corrected chi connectivity index (χ4v) is 3.29. The van der Waals surface area contributed by atoms with E-state index in [0.717, 1.165) is 18.9 Å². The zero-order chi connectivity index (χ0) is 24.0. The van der Waals surface area contributed by atoms with Gasteiger partial charge in [-0.25, -0.2) is 9.97 Å². The highest BCUT2D eigenvalue weighted by molar-refractivity contribution is 6.28. The fraction of sp³-hybridized carbons (Fsp3) is 0.421. The van der Waals surface area contributed by atoms with Crippen LogP contribution in [0.15, 0.2) is 12.4 Å². The first kappa shape index (κ1) is 24.9. The number of carbonyl (C=O) groups is 2. The third kappa shape index (κ3) is 5.45. The molecule has 0 aliphatic rings. The zero-order valence-corrected chi connectivity index (χ0v) is 18.8. The van der Waals surface area contributed by atoms with Gasteiger partial charge in [0.2, 0.25) is 5.28 Å². The molecule has 172 valence electrons. The lowest BCUT2D eigenvalue weighted by Crippen LogP contribution is -2.43. The lowest BCUT2D eigenvalue weighted by molar-refractivity contribution is -0.386. The van der Waals surface area contributed by atoms with Crippen LogP contribution in [0, 0.1) is 24.0 Å². The molecule has 0 aromatic carbocycles. The topological polar surface area (TPSA) is 156 Å². The minimum atomic E-state index is -1.24. The van der Waals surface area contributed by atoms with Crippen molar-refractivity contribution in [2.75, 3.05) is 21.3 Å². The highest BCUT2D eigenvalue weighted by Gasteiger charge is 2.35. The Bertz CT molecular complexity index is 1030. The Morgan fingerprint density at radius 2 is 1.84 bits per heavy atom. The van der Waals surface area contributed by atoms with Crippen molar-refractivity contribution in [3.63, 3.8) is 0 Å². The first-order chi connectivity index (χ1) is 15.1. The quantitative estimate of drug-likeness (QED) is 0.248. The molecule has 2 rings (SSSR count). The largest absolute Gasteiger partial charge is 0.496 e. The molecule has 0 radical (unpaired) electrons. The molecular formula is C19H22ClN5O7. The van der Waals surface area contributed by atoms with Gasteiger partial charge in [-0.1, -0.05) is 0 Å². The molecule has 0 saturated heterocycles. The number of pyridine rings is 1. The number of hydrogen-bond acceptors (Lipinski definition) is 11. The molecule has 0 aliphatic carbocycles. The highest BCUT2D eigenvalue weighted by atomic mass is 35.5. The number of nitrogens with zero attached hydrogens (tertiary/aromatic N) is 4. The first-order valence-electron chi connectivity index (χ1n) is 9.22. The summed E-state index contributed by atoms with van der Waals surface area (Å²) >= 11 is 5.93. The number of carbonyl (C=O) groups excluding carboxylic acids is 2. The molecule has 2 atom stereocenters. The van der Waals surface area contributed by atoms with Gasteiger partial charge in [-0.2, -0.15) is 0 Å². The number of esters is 2. The van der Waals surface area contributed by atoms with E-state index in [0.29, 0.717) is 11.3 Å². The summed E-state index contributed by atoms with van der Waals surface area (Å²) in [6.07, 6.45) is 2.06. The van der Waals surface area contributed by atoms with Crippen molar-refractivity contribution in [2.45, 2.75) is 32.4 Å². The van der Waals surface area contributed by atoms with E-state index >= 15 is 0 Å². The molecule has 13 heteroatoms. The summed E-state index contributed by atoms with van der Waals surface area (Å²) in [4.78, 5) is 47.3. The summed E-state index contributed by atoms with van der Waals surface area (Å²) in [6, 6.07) is -2.39. The number of hydrogen-bond donors (Lipinski definition) is 1. The van der Waals surface area contributed by atoms with Crippen LogP contribution in [0.5, 0.6) is 5.75 Å². The van der Waals surface area contributed by atoms with Crippen LogP contribution in [0.25, 0.3) is 0 Å². The Morgan fingerprint density at radius 3 is 2.41 bits per heavy atom. The molecule has 0 saturated carbocycles. The van der Waals surface area contributed by atoms with E-state index in [1.54, 1.807) is 13.8 Å². The molecule has 0 spiro atoms. The standard InChI is InChI=1S/C19H22ClN5O7/c1-9-7-21-14(10(2)17(9)31-4)16(15-12(25(28)29)8-22-19(20)24-15)23-11(18(27)32-5)6-13(26)30-3/h7-8,11,16,23H,6H2,1-5H3/t11-,16?/m1/s1. The minimum absolute atomic E-state index is 0.157. The van der Waals surface area contributed by atoms with Crippen LogP contribution in [0.1, 0.15) is 35.0 Å². The summed E-state index contributed by atoms with van der Waals surface area (Å²) in [5.74, 6) is -1.000. The van der Waals surface area contributed by atoms with Gasteiger partial charge in [0.05, 0.1) is 38.4 Å². The summed E-state index contributed by atoms with van der Waals surface area (Å²) in [5.41, 5.74) is 0.909. The van der Waals surface area contributed by atoms with E-state index in [4.69, 9.17) is 21.1 Å². The van der Waals surface area contributed by atoms with Gasteiger partial charge in [0, 0.05) is 17.3 Å². The van der Waals surface area contributed by atoms with Gasteiger partial charge in [0.25, 0.3) is 0 Å². The van der Waals surface area contributed by atoms with Crippen LogP contribution < -0.4 is 10.1 Å². The Kier molecular flexibility index (Phi) is 8.38. The second-order valence-electron chi connectivity index (χ2n) is 6.61. The monoisotopic (exact) mass is 467 g/mol. The molecule has 0 bridgehead atoms. The van der Waals surface area contributed by atoms with Gasteiger partial charge in [0.15, 0.2) is 0 Å². The average Bonchev–Trinajstić information content (AvgIpc) is 2.76. The van der Waals surface area contributed by atoms with Crippen molar-refractivity contribution in [1.29, 1.82) is 0 Å². The maximum atomic E-state index is 12.4. The molecule has 2 heterocycles. The lowest BCUT2D eigenvalue weighted by Gasteiger charge is -2.25. The highest BCUT2D eigenvalue weighted by Crippen LogP contribution is 2.34. The molecule has 0 amide bonds. The smallest absolute Gasteiger partial charge is 0.323 e. The van der Waals surface area contributed by atoms with Crippen LogP contribution in [-0.4, -0.2) is 59.2 Å². The van der Waals surface area contributed by atoms with Crippen molar-refractivity contribution in [3.8, 4) is 5.75 Å². The van der Waals surface area contributed by atoms with Crippen molar-refractivity contribution < 1.29 is 28.7 Å². The fourth-order valence-electron chi connectivity index (χ4n) is 3.15. The second kappa shape index (κ2) is 10.8. The van der Waals surface area contributed by atoms with Gasteiger partial charge in [-0.05, 0) is 25.4 Å². The third-order valence-corrected chi connectivity index (χ3v) is 4.83. The molecule has 1 unspecified atom stereocenters. The molecule has 32 heavy (non-hydrogen) atoms. The predicted octanol–water partition coefficient (Wildman–Crippen LogP) is 1.84. The van der Waals surface area contributed by atoms with Gasteiger partial charge >= 0.3 is 17.6 Å². The van der Waals surface area contributed by atoms with Crippen molar-refractivity contribution in [2.24, 2.45) is 0 Å². The number of ether oxygens (including phenoxy) is 3. The summed E-state index contributed by atoms with van der Waals surface area (Å²) in [6.45, 7) is 3.48. The number of rotatable bonds is 9. The van der Waals surface area contributed by atoms with Crippen LogP contribution in [0.2, 0.25) is 5.28 Å². The Hall–Kier alpha value is -3.38. The van der Waals surface area contributed by atoms with Crippen molar-refractivity contribution >= 4 is 29.2 Å². The van der Waals surface area contributed by atoms with E-state index < -0.39 is 41.1 Å². The number of methoxy groups -OCH3 is 3. The zero-order valence-electron chi connectivity index (χ0n) is 18.0. The minimum Gasteiger partial charge on any atom is -0.496 e. The number of aromatic nitrogens is 3. The van der Waals surface area contributed by atoms with E-state index in [1.165, 1.54) is 20.4 Å². The summed E-state index contributed by atoms with van der Waals surface area (Å²) in [7, 11) is 3.78. The first-order valence-corrected chi connectivity index (χ1v) is 9.59. The summed E-state index contributed by atoms with van der Waals surface area (Å²) in [5, 5.41) is 14.3. The molecule has 0 fully saturated rings. The number of nitrogens with one attached hydrogen (secondary N) is 1. The SMILES string of the molecule is COC(=O)C[C@@H](NC(c1nc(Cl)ncc1[N+](=O)[O-])c1ncc(C)c(OC)c1C)C(=O)OC. The lowest BCUT2D eigenvalue weighted by atomic mass is 9.99. The predicted molar refractivity (Wildman–Crippen MR) is 111 cm³/mol. The summed E-state index contributed by atoms with van der Waals surface area (Å²) < 4.78 is 14.9. The molecule has 0 aliphatic heterocycles. The average molecular weight is 468 g/mol. The van der Waals surface area contributed by atoms with Gasteiger partial charge in [-0.3, -0.25) is 30.0 Å². The van der Waals surface area contributed by atoms with E-state index in [2.05, 4.69) is 25.0 Å². The molecule has 2 aromatic heterocycles. The Balaban J connectivity index is 2.74. The van der Waals surface area contributed by atoms with E-state index in [-0.39, 0.29) is 16.7 Å². The van der Waals surface area contributed by atoms with Crippen molar-refractivity contribution in [3.05, 3.63) is 50.3 Å². The number of aryl methyl sites for hydroxylation is 1. The molecule has 12 nitrogen and oxygen atoms in total. The van der Waals surface area contributed by atoms with Gasteiger partial charge in [-0.15, -0.1) is 0 Å². The van der Waals surface area contributed by atoms with E-state index in [1.807, 2.05) is 0 Å². The third-order valence-electron chi connectivity index (χ3n) is 4.65. The second-order valence-corrected chi connectivity index (χ2v) is 6.95. The maximum Gasteiger partial charge on any atom is 0.323 e. The Morgan fingerprint density at radius 1 is 1.16 bits per heavy atom. The number of nitro groups is 1. The van der Waals surface area contributed by atoms with Crippen LogP contribution in [0.4, 0.5) is 5.69 Å². The Labute approximate surface area is 188 Å². The molecule has 2 aromatic rings. The van der Waals surface area contributed by atoms with Crippen LogP contribution >= 0.6 is 11.6 Å². The van der Waals surface area contributed by atoms with Crippen LogP contribution in [0.3, 0.4) is 0 Å². The van der Waals surface area contributed by atoms with Gasteiger partial charge in [0.1, 0.15) is 29.7 Å². The molecular weight excluding hydrogens is 446 g/mol. The normalized spacial score (nSPS) is 12.6. The van der Waals surface area contributed by atoms with Gasteiger partial charge < -0.3 is 14.2 Å². The van der Waals surface area contributed by atoms with Crippen molar-refractivity contribution in [1.82, 2.24) is 20.3 Å². The maximum absolute atomic E-state index is 12.4. The van der Waals surface area contributed by atoms with E-state index in [9.17, 15) is 19.7 Å². The van der Waals surface area contributed by atoms with Crippen LogP contribution in [-0.2, 0) is 19.1 Å². The number of halogens is 1.